The molecule has 4 heterocycles. The molecule has 0 saturated carbocycles. The topological polar surface area (TPSA) is 102 Å². The monoisotopic (exact) mass is 564 g/mol. The van der Waals surface area contributed by atoms with Gasteiger partial charge in [0.2, 0.25) is 16.8 Å². The fraction of sp³-hybridized carbons (Fsp3) is 0.321. The minimum atomic E-state index is -3.65. The summed E-state index contributed by atoms with van der Waals surface area (Å²) < 4.78 is 40.1. The van der Waals surface area contributed by atoms with Crippen LogP contribution in [0.15, 0.2) is 65.8 Å². The van der Waals surface area contributed by atoms with E-state index in [0.29, 0.717) is 52.6 Å². The minimum absolute atomic E-state index is 0.173. The standard InChI is InChI=1S/C28H28N4O5S2/c1-18-10-19(2)15-31(14-18)39(34,35)22-7-5-21(6-8-22)27(33)32(16-20-4-3-9-29-13-20)28-30-23-11-24-25(37-17-36-24)12-26(23)38-28/h3-9,11-13,18-19H,10,14-17H2,1-2H3. The molecular formula is C28H28N4O5S2. The van der Waals surface area contributed by atoms with Gasteiger partial charge in [-0.2, -0.15) is 4.31 Å². The van der Waals surface area contributed by atoms with Crippen molar-refractivity contribution in [3.63, 3.8) is 0 Å². The van der Waals surface area contributed by atoms with E-state index in [4.69, 9.17) is 14.5 Å². The SMILES string of the molecule is CC1CC(C)CN(S(=O)(=O)c2ccc(C(=O)N(Cc3cccnc3)c3nc4cc5c(cc4s3)OCO5)cc2)C1. The van der Waals surface area contributed by atoms with Gasteiger partial charge in [0.05, 0.1) is 21.7 Å². The van der Waals surface area contributed by atoms with Crippen LogP contribution in [0.3, 0.4) is 0 Å². The molecule has 0 radical (unpaired) electrons. The molecule has 0 spiro atoms. The minimum Gasteiger partial charge on any atom is -0.454 e. The van der Waals surface area contributed by atoms with Crippen LogP contribution in [-0.2, 0) is 16.6 Å². The molecule has 2 aromatic heterocycles. The molecule has 2 aromatic carbocycles. The van der Waals surface area contributed by atoms with Crippen LogP contribution in [0.1, 0.15) is 36.2 Å². The predicted molar refractivity (Wildman–Crippen MR) is 149 cm³/mol. The number of piperidine rings is 1. The maximum Gasteiger partial charge on any atom is 0.260 e. The number of hydrogen-bond acceptors (Lipinski definition) is 8. The number of nitrogens with zero attached hydrogens (tertiary/aromatic N) is 4. The number of thiazole rings is 1. The second-order valence-corrected chi connectivity index (χ2v) is 13.2. The molecule has 4 aromatic rings. The Kier molecular flexibility index (Phi) is 6.74. The Morgan fingerprint density at radius 3 is 2.49 bits per heavy atom. The normalized spacial score (nSPS) is 19.3. The molecule has 1 amide bonds. The van der Waals surface area contributed by atoms with Gasteiger partial charge in [0.1, 0.15) is 0 Å². The van der Waals surface area contributed by atoms with Crippen molar-refractivity contribution in [3.05, 3.63) is 72.1 Å². The summed E-state index contributed by atoms with van der Waals surface area (Å²) in [5.74, 6) is 1.59. The second kappa shape index (κ2) is 10.2. The van der Waals surface area contributed by atoms with Crippen LogP contribution in [0.25, 0.3) is 10.2 Å². The van der Waals surface area contributed by atoms with Crippen molar-refractivity contribution in [1.29, 1.82) is 0 Å². The first-order valence-corrected chi connectivity index (χ1v) is 15.0. The largest absolute Gasteiger partial charge is 0.454 e. The van der Waals surface area contributed by atoms with Gasteiger partial charge in [-0.05, 0) is 54.2 Å². The number of ether oxygens (including phenoxy) is 2. The number of carbonyl (C=O) groups is 1. The first kappa shape index (κ1) is 25.7. The molecule has 39 heavy (non-hydrogen) atoms. The van der Waals surface area contributed by atoms with Crippen LogP contribution < -0.4 is 14.4 Å². The van der Waals surface area contributed by atoms with Gasteiger partial charge in [-0.1, -0.05) is 31.3 Å². The van der Waals surface area contributed by atoms with Crippen molar-refractivity contribution in [2.24, 2.45) is 11.8 Å². The van der Waals surface area contributed by atoms with E-state index in [2.05, 4.69) is 18.8 Å². The highest BCUT2D eigenvalue weighted by molar-refractivity contribution is 7.89. The lowest BCUT2D eigenvalue weighted by molar-refractivity contribution is 0.0985. The first-order valence-electron chi connectivity index (χ1n) is 12.8. The first-order chi connectivity index (χ1) is 18.8. The van der Waals surface area contributed by atoms with Gasteiger partial charge < -0.3 is 9.47 Å². The summed E-state index contributed by atoms with van der Waals surface area (Å²) in [6, 6.07) is 13.6. The molecular weight excluding hydrogens is 536 g/mol. The van der Waals surface area contributed by atoms with Crippen molar-refractivity contribution in [2.45, 2.75) is 31.7 Å². The third kappa shape index (κ3) is 5.09. The van der Waals surface area contributed by atoms with E-state index >= 15 is 0 Å². The van der Waals surface area contributed by atoms with Gasteiger partial charge >= 0.3 is 0 Å². The van der Waals surface area contributed by atoms with E-state index in [1.165, 1.54) is 23.5 Å². The third-order valence-electron chi connectivity index (χ3n) is 6.99. The van der Waals surface area contributed by atoms with E-state index < -0.39 is 10.0 Å². The van der Waals surface area contributed by atoms with E-state index in [0.717, 1.165) is 16.7 Å². The predicted octanol–water partition coefficient (Wildman–Crippen LogP) is 4.93. The Hall–Kier alpha value is -3.54. The number of hydrogen-bond donors (Lipinski definition) is 0. The zero-order valence-corrected chi connectivity index (χ0v) is 23.2. The lowest BCUT2D eigenvalue weighted by Crippen LogP contribution is -2.42. The van der Waals surface area contributed by atoms with E-state index in [-0.39, 0.29) is 24.1 Å². The average molecular weight is 565 g/mol. The zero-order chi connectivity index (χ0) is 27.1. The van der Waals surface area contributed by atoms with E-state index in [1.807, 2.05) is 24.3 Å². The van der Waals surface area contributed by atoms with Crippen LogP contribution in [0.5, 0.6) is 11.5 Å². The Balaban J connectivity index is 1.31. The molecule has 202 valence electrons. The van der Waals surface area contributed by atoms with E-state index in [9.17, 15) is 13.2 Å². The molecule has 1 saturated heterocycles. The van der Waals surface area contributed by atoms with Crippen LogP contribution in [-0.4, -0.2) is 48.5 Å². The third-order valence-corrected chi connectivity index (χ3v) is 9.87. The Bertz CT molecular complexity index is 1570. The number of fused-ring (bicyclic) bond motifs is 2. The molecule has 6 rings (SSSR count). The summed E-state index contributed by atoms with van der Waals surface area (Å²) in [6.45, 7) is 5.58. The van der Waals surface area contributed by atoms with Crippen molar-refractivity contribution in [1.82, 2.24) is 14.3 Å². The zero-order valence-electron chi connectivity index (χ0n) is 21.6. The summed E-state index contributed by atoms with van der Waals surface area (Å²) in [5.41, 5.74) is 1.91. The highest BCUT2D eigenvalue weighted by Gasteiger charge is 2.32. The average Bonchev–Trinajstić information content (AvgIpc) is 3.56. The van der Waals surface area contributed by atoms with Crippen molar-refractivity contribution < 1.29 is 22.7 Å². The molecule has 2 aliphatic heterocycles. The van der Waals surface area contributed by atoms with Crippen LogP contribution in [0, 0.1) is 11.8 Å². The lowest BCUT2D eigenvalue weighted by Gasteiger charge is -2.34. The molecule has 2 unspecified atom stereocenters. The molecule has 0 aliphatic carbocycles. The lowest BCUT2D eigenvalue weighted by atomic mass is 9.94. The quantitative estimate of drug-likeness (QED) is 0.327. The summed E-state index contributed by atoms with van der Waals surface area (Å²) >= 11 is 1.38. The maximum atomic E-state index is 13.8. The summed E-state index contributed by atoms with van der Waals surface area (Å²) in [5, 5.41) is 0.510. The summed E-state index contributed by atoms with van der Waals surface area (Å²) in [6.07, 6.45) is 4.40. The molecule has 2 aliphatic rings. The Labute approximate surface area is 231 Å². The fourth-order valence-electron chi connectivity index (χ4n) is 5.20. The number of amides is 1. The van der Waals surface area contributed by atoms with Gasteiger partial charge in [-0.3, -0.25) is 14.7 Å². The number of sulfonamides is 1. The van der Waals surface area contributed by atoms with Crippen molar-refractivity contribution in [3.8, 4) is 11.5 Å². The molecule has 11 heteroatoms. The Morgan fingerprint density at radius 1 is 1.08 bits per heavy atom. The number of benzene rings is 2. The smallest absolute Gasteiger partial charge is 0.260 e. The molecule has 2 atom stereocenters. The van der Waals surface area contributed by atoms with Gasteiger partial charge in [0.25, 0.3) is 5.91 Å². The van der Waals surface area contributed by atoms with Crippen LogP contribution in [0.4, 0.5) is 5.13 Å². The number of rotatable bonds is 6. The number of pyridine rings is 1. The molecule has 0 bridgehead atoms. The van der Waals surface area contributed by atoms with Crippen LogP contribution in [0.2, 0.25) is 0 Å². The Morgan fingerprint density at radius 2 is 1.79 bits per heavy atom. The van der Waals surface area contributed by atoms with Crippen molar-refractivity contribution >= 4 is 42.6 Å². The maximum absolute atomic E-state index is 13.8. The van der Waals surface area contributed by atoms with Gasteiger partial charge in [0.15, 0.2) is 16.6 Å². The number of anilines is 1. The fourth-order valence-corrected chi connectivity index (χ4v) is 7.85. The summed E-state index contributed by atoms with van der Waals surface area (Å²) in [7, 11) is -3.65. The molecule has 9 nitrogen and oxygen atoms in total. The van der Waals surface area contributed by atoms with Crippen molar-refractivity contribution in [2.75, 3.05) is 24.8 Å². The highest BCUT2D eigenvalue weighted by atomic mass is 32.2. The second-order valence-electron chi connectivity index (χ2n) is 10.2. The number of aromatic nitrogens is 2. The molecule has 0 N–H and O–H groups in total. The van der Waals surface area contributed by atoms with Crippen LogP contribution >= 0.6 is 11.3 Å². The number of carbonyl (C=O) groups excluding carboxylic acids is 1. The van der Waals surface area contributed by atoms with Gasteiger partial charge in [0, 0.05) is 43.2 Å². The van der Waals surface area contributed by atoms with Gasteiger partial charge in [-0.25, -0.2) is 13.4 Å². The summed E-state index contributed by atoms with van der Waals surface area (Å²) in [4.78, 5) is 24.5. The highest BCUT2D eigenvalue weighted by Crippen LogP contribution is 2.40. The van der Waals surface area contributed by atoms with E-state index in [1.54, 1.807) is 33.7 Å². The molecule has 1 fully saturated rings. The van der Waals surface area contributed by atoms with Gasteiger partial charge in [-0.15, -0.1) is 0 Å².